The molecule has 1 aromatic heterocycles. The Labute approximate surface area is 69.0 Å². The largest absolute Gasteiger partial charge is 0.397 e. The van der Waals surface area contributed by atoms with Crippen LogP contribution in [0.3, 0.4) is 0 Å². The van der Waals surface area contributed by atoms with Gasteiger partial charge in [-0.2, -0.15) is 0 Å². The van der Waals surface area contributed by atoms with Crippen molar-refractivity contribution in [2.75, 3.05) is 18.2 Å². The van der Waals surface area contributed by atoms with Crippen molar-refractivity contribution in [1.29, 1.82) is 0 Å². The fourth-order valence-corrected chi connectivity index (χ4v) is 1.30. The molecular weight excluding hydrogens is 163 g/mol. The maximum Gasteiger partial charge on any atom is 0.119 e. The van der Waals surface area contributed by atoms with Crippen LogP contribution in [-0.2, 0) is 0 Å². The van der Waals surface area contributed by atoms with Crippen molar-refractivity contribution in [3.8, 4) is 0 Å². The highest BCUT2D eigenvalue weighted by atomic mass is 32.2. The minimum absolute atomic E-state index is 0.347. The zero-order valence-electron chi connectivity index (χ0n) is 5.96. The molecule has 1 aromatic rings. The van der Waals surface area contributed by atoms with Crippen LogP contribution in [0.1, 0.15) is 0 Å². The number of rotatable bonds is 3. The van der Waals surface area contributed by atoms with Crippen molar-refractivity contribution in [2.45, 2.75) is 5.03 Å². The van der Waals surface area contributed by atoms with E-state index in [4.69, 9.17) is 5.73 Å². The van der Waals surface area contributed by atoms with E-state index in [1.54, 1.807) is 18.3 Å². The van der Waals surface area contributed by atoms with Crippen molar-refractivity contribution >= 4 is 17.4 Å². The average Bonchev–Trinajstić information content (AvgIpc) is 2.03. The van der Waals surface area contributed by atoms with E-state index >= 15 is 0 Å². The van der Waals surface area contributed by atoms with Crippen molar-refractivity contribution in [3.63, 3.8) is 0 Å². The lowest BCUT2D eigenvalue weighted by molar-refractivity contribution is 0.532. The first kappa shape index (κ1) is 8.33. The van der Waals surface area contributed by atoms with Crippen LogP contribution in [-0.4, -0.2) is 17.4 Å². The summed E-state index contributed by atoms with van der Waals surface area (Å²) in [5.74, 6) is 0.418. The highest BCUT2D eigenvalue weighted by Gasteiger charge is 1.98. The molecular formula is C7H9FN2S. The quantitative estimate of drug-likeness (QED) is 0.706. The molecule has 2 N–H and O–H groups in total. The Morgan fingerprint density at radius 1 is 1.64 bits per heavy atom. The lowest BCUT2D eigenvalue weighted by Gasteiger charge is -2.00. The Balaban J connectivity index is 2.62. The molecule has 0 saturated carbocycles. The minimum atomic E-state index is -0.347. The Hall–Kier alpha value is -0.770. The second-order valence-electron chi connectivity index (χ2n) is 1.94. The van der Waals surface area contributed by atoms with Crippen molar-refractivity contribution < 1.29 is 4.39 Å². The van der Waals surface area contributed by atoms with E-state index in [1.165, 1.54) is 11.8 Å². The fourth-order valence-electron chi connectivity index (χ4n) is 0.659. The fraction of sp³-hybridized carbons (Fsp3) is 0.286. The zero-order valence-corrected chi connectivity index (χ0v) is 6.77. The van der Waals surface area contributed by atoms with E-state index in [0.717, 1.165) is 0 Å². The van der Waals surface area contributed by atoms with E-state index in [2.05, 4.69) is 4.98 Å². The van der Waals surface area contributed by atoms with Gasteiger partial charge in [-0.05, 0) is 12.1 Å². The number of nitrogen functional groups attached to an aromatic ring is 1. The first-order valence-corrected chi connectivity index (χ1v) is 4.22. The summed E-state index contributed by atoms with van der Waals surface area (Å²) in [5, 5.41) is 0.713. The highest BCUT2D eigenvalue weighted by molar-refractivity contribution is 7.99. The second-order valence-corrected chi connectivity index (χ2v) is 3.02. The summed E-state index contributed by atoms with van der Waals surface area (Å²) < 4.78 is 11.7. The number of alkyl halides is 1. The number of nitrogens with zero attached hydrogens (tertiary/aromatic N) is 1. The van der Waals surface area contributed by atoms with Crippen LogP contribution in [0.4, 0.5) is 10.1 Å². The summed E-state index contributed by atoms with van der Waals surface area (Å²) >= 11 is 1.34. The molecule has 11 heavy (non-hydrogen) atoms. The van der Waals surface area contributed by atoms with Gasteiger partial charge in [0.2, 0.25) is 0 Å². The number of hydrogen-bond acceptors (Lipinski definition) is 3. The summed E-state index contributed by atoms with van der Waals surface area (Å²) in [6.45, 7) is -0.347. The third kappa shape index (κ3) is 2.38. The molecule has 0 fully saturated rings. The van der Waals surface area contributed by atoms with Crippen LogP contribution in [0.2, 0.25) is 0 Å². The van der Waals surface area contributed by atoms with Crippen molar-refractivity contribution in [3.05, 3.63) is 18.3 Å². The van der Waals surface area contributed by atoms with Crippen LogP contribution in [0.25, 0.3) is 0 Å². The normalized spacial score (nSPS) is 9.91. The standard InChI is InChI=1S/C7H9FN2S/c8-3-5-11-7-6(9)2-1-4-10-7/h1-2,4H,3,5,9H2. The first-order valence-electron chi connectivity index (χ1n) is 3.24. The predicted molar refractivity (Wildman–Crippen MR) is 45.3 cm³/mol. The van der Waals surface area contributed by atoms with E-state index in [-0.39, 0.29) is 6.67 Å². The molecule has 4 heteroatoms. The van der Waals surface area contributed by atoms with E-state index in [9.17, 15) is 4.39 Å². The van der Waals surface area contributed by atoms with Gasteiger partial charge >= 0.3 is 0 Å². The van der Waals surface area contributed by atoms with Gasteiger partial charge in [-0.15, -0.1) is 11.8 Å². The smallest absolute Gasteiger partial charge is 0.119 e. The number of halogens is 1. The van der Waals surface area contributed by atoms with Gasteiger partial charge in [-0.3, -0.25) is 4.39 Å². The molecule has 0 aliphatic carbocycles. The molecule has 1 rings (SSSR count). The molecule has 0 unspecified atom stereocenters. The van der Waals surface area contributed by atoms with Crippen LogP contribution in [0.15, 0.2) is 23.4 Å². The molecule has 0 aromatic carbocycles. The average molecular weight is 172 g/mol. The Bertz CT molecular complexity index is 229. The maximum absolute atomic E-state index is 11.7. The zero-order chi connectivity index (χ0) is 8.10. The predicted octanol–water partition coefficient (Wildman–Crippen LogP) is 1.73. The van der Waals surface area contributed by atoms with Gasteiger partial charge in [0.15, 0.2) is 0 Å². The second kappa shape index (κ2) is 4.18. The summed E-state index contributed by atoms with van der Waals surface area (Å²) in [5.41, 5.74) is 6.17. The lowest BCUT2D eigenvalue weighted by Crippen LogP contribution is -1.91. The van der Waals surface area contributed by atoms with Gasteiger partial charge in [-0.25, -0.2) is 4.98 Å². The molecule has 0 atom stereocenters. The molecule has 0 radical (unpaired) electrons. The van der Waals surface area contributed by atoms with Gasteiger partial charge < -0.3 is 5.73 Å². The molecule has 0 aliphatic heterocycles. The van der Waals surface area contributed by atoms with Crippen LogP contribution in [0.5, 0.6) is 0 Å². The molecule has 60 valence electrons. The summed E-state index contributed by atoms with van der Waals surface area (Å²) in [7, 11) is 0. The third-order valence-corrected chi connectivity index (χ3v) is 2.09. The van der Waals surface area contributed by atoms with E-state index in [1.807, 2.05) is 0 Å². The topological polar surface area (TPSA) is 38.9 Å². The Morgan fingerprint density at radius 2 is 2.45 bits per heavy atom. The number of thioether (sulfide) groups is 1. The van der Waals surface area contributed by atoms with Crippen LogP contribution in [0, 0.1) is 0 Å². The van der Waals surface area contributed by atoms with E-state index in [0.29, 0.717) is 16.5 Å². The van der Waals surface area contributed by atoms with Crippen molar-refractivity contribution in [2.24, 2.45) is 0 Å². The summed E-state index contributed by atoms with van der Waals surface area (Å²) in [6.07, 6.45) is 1.65. The van der Waals surface area contributed by atoms with E-state index < -0.39 is 0 Å². The number of aromatic nitrogens is 1. The lowest BCUT2D eigenvalue weighted by atomic mass is 10.4. The molecule has 2 nitrogen and oxygen atoms in total. The molecule has 0 aliphatic rings. The summed E-state index contributed by atoms with van der Waals surface area (Å²) in [6, 6.07) is 3.52. The Kier molecular flexibility index (Phi) is 3.16. The van der Waals surface area contributed by atoms with Crippen molar-refractivity contribution in [1.82, 2.24) is 4.98 Å². The molecule has 0 spiro atoms. The Morgan fingerprint density at radius 3 is 3.09 bits per heavy atom. The van der Waals surface area contributed by atoms with Crippen LogP contribution >= 0.6 is 11.8 Å². The molecule has 0 bridgehead atoms. The molecule has 1 heterocycles. The van der Waals surface area contributed by atoms with Gasteiger partial charge in [0.05, 0.1) is 12.4 Å². The highest BCUT2D eigenvalue weighted by Crippen LogP contribution is 2.20. The number of hydrogen-bond donors (Lipinski definition) is 1. The molecule has 0 saturated heterocycles. The third-order valence-electron chi connectivity index (χ3n) is 1.12. The van der Waals surface area contributed by atoms with Crippen LogP contribution < -0.4 is 5.73 Å². The minimum Gasteiger partial charge on any atom is -0.397 e. The molecule has 0 amide bonds. The monoisotopic (exact) mass is 172 g/mol. The number of anilines is 1. The first-order chi connectivity index (χ1) is 5.34. The number of nitrogens with two attached hydrogens (primary N) is 1. The maximum atomic E-state index is 11.7. The van der Waals surface area contributed by atoms with Gasteiger partial charge in [0, 0.05) is 11.9 Å². The van der Waals surface area contributed by atoms with Gasteiger partial charge in [0.1, 0.15) is 5.03 Å². The number of pyridine rings is 1. The van der Waals surface area contributed by atoms with Gasteiger partial charge in [0.25, 0.3) is 0 Å². The summed E-state index contributed by atoms with van der Waals surface area (Å²) in [4.78, 5) is 3.99. The SMILES string of the molecule is Nc1cccnc1SCCF. The van der Waals surface area contributed by atoms with Gasteiger partial charge in [-0.1, -0.05) is 0 Å².